The molecule has 1 aromatic heterocycles. The van der Waals surface area contributed by atoms with Crippen molar-refractivity contribution in [1.82, 2.24) is 9.88 Å². The fourth-order valence-electron chi connectivity index (χ4n) is 2.27. The van der Waals surface area contributed by atoms with Crippen LogP contribution in [0.4, 0.5) is 0 Å². The Bertz CT molecular complexity index is 403. The quantitative estimate of drug-likeness (QED) is 0.591. The molecule has 1 saturated heterocycles. The van der Waals surface area contributed by atoms with Gasteiger partial charge in [-0.3, -0.25) is 4.90 Å². The zero-order valence-electron chi connectivity index (χ0n) is 11.2. The second-order valence-corrected chi connectivity index (χ2v) is 5.08. The van der Waals surface area contributed by atoms with Crippen molar-refractivity contribution in [2.45, 2.75) is 25.8 Å². The molecule has 3 nitrogen and oxygen atoms in total. The summed E-state index contributed by atoms with van der Waals surface area (Å²) in [6.07, 6.45) is 9.61. The molecule has 0 amide bonds. The highest BCUT2D eigenvalue weighted by Crippen LogP contribution is 2.15. The lowest BCUT2D eigenvalue weighted by atomic mass is 10.1. The SMILES string of the molecule is ClC/C=C\COc1cc(CN2CCCCC2)ccn1. The molecule has 0 N–H and O–H groups in total. The average molecular weight is 281 g/mol. The first kappa shape index (κ1) is 14.4. The minimum absolute atomic E-state index is 0.520. The molecule has 19 heavy (non-hydrogen) atoms. The number of likely N-dealkylation sites (tertiary alicyclic amines) is 1. The van der Waals surface area contributed by atoms with Crippen LogP contribution in [0.2, 0.25) is 0 Å². The fourth-order valence-corrected chi connectivity index (χ4v) is 2.39. The van der Waals surface area contributed by atoms with Gasteiger partial charge < -0.3 is 4.74 Å². The standard InChI is InChI=1S/C15H21ClN2O/c16-7-2-5-11-19-15-12-14(6-8-17-15)13-18-9-3-1-4-10-18/h2,5-6,8,12H,1,3-4,7,9-11,13H2/b5-2-. The van der Waals surface area contributed by atoms with Crippen LogP contribution in [-0.4, -0.2) is 35.5 Å². The van der Waals surface area contributed by atoms with E-state index in [4.69, 9.17) is 16.3 Å². The number of pyridine rings is 1. The van der Waals surface area contributed by atoms with E-state index in [2.05, 4.69) is 16.0 Å². The molecular formula is C15H21ClN2O. The third kappa shape index (κ3) is 5.21. The molecule has 2 rings (SSSR count). The molecule has 104 valence electrons. The Balaban J connectivity index is 1.85. The minimum Gasteiger partial charge on any atom is -0.473 e. The van der Waals surface area contributed by atoms with E-state index in [0.29, 0.717) is 18.4 Å². The van der Waals surface area contributed by atoms with E-state index in [0.717, 1.165) is 6.54 Å². The zero-order valence-corrected chi connectivity index (χ0v) is 12.0. The molecule has 0 bridgehead atoms. The Kier molecular flexibility index (Phi) is 6.18. The lowest BCUT2D eigenvalue weighted by molar-refractivity contribution is 0.220. The lowest BCUT2D eigenvalue weighted by Gasteiger charge is -2.26. The van der Waals surface area contributed by atoms with Gasteiger partial charge in [-0.1, -0.05) is 18.6 Å². The maximum absolute atomic E-state index is 5.56. The van der Waals surface area contributed by atoms with Gasteiger partial charge in [0.05, 0.1) is 0 Å². The van der Waals surface area contributed by atoms with E-state index in [-0.39, 0.29) is 0 Å². The van der Waals surface area contributed by atoms with Gasteiger partial charge in [0.2, 0.25) is 5.88 Å². The first-order valence-corrected chi connectivity index (χ1v) is 7.43. The monoisotopic (exact) mass is 280 g/mol. The van der Waals surface area contributed by atoms with Gasteiger partial charge in [0.15, 0.2) is 0 Å². The van der Waals surface area contributed by atoms with E-state index in [9.17, 15) is 0 Å². The van der Waals surface area contributed by atoms with Crippen LogP contribution >= 0.6 is 11.6 Å². The second-order valence-electron chi connectivity index (χ2n) is 4.78. The van der Waals surface area contributed by atoms with Gasteiger partial charge in [-0.25, -0.2) is 4.98 Å². The molecule has 0 atom stereocenters. The van der Waals surface area contributed by atoms with Crippen molar-refractivity contribution >= 4 is 11.6 Å². The van der Waals surface area contributed by atoms with Gasteiger partial charge in [-0.2, -0.15) is 0 Å². The van der Waals surface area contributed by atoms with Crippen molar-refractivity contribution in [3.8, 4) is 5.88 Å². The number of alkyl halides is 1. The maximum atomic E-state index is 5.56. The molecule has 0 aromatic carbocycles. The van der Waals surface area contributed by atoms with Crippen LogP contribution < -0.4 is 4.74 Å². The molecule has 0 aliphatic carbocycles. The van der Waals surface area contributed by atoms with Crippen LogP contribution in [0, 0.1) is 0 Å². The normalized spacial score (nSPS) is 16.9. The van der Waals surface area contributed by atoms with Crippen LogP contribution in [0.5, 0.6) is 5.88 Å². The highest BCUT2D eigenvalue weighted by Gasteiger charge is 2.10. The summed E-state index contributed by atoms with van der Waals surface area (Å²) in [5.41, 5.74) is 1.27. The number of hydrogen-bond acceptors (Lipinski definition) is 3. The van der Waals surface area contributed by atoms with Crippen LogP contribution in [-0.2, 0) is 6.54 Å². The Labute approximate surface area is 120 Å². The van der Waals surface area contributed by atoms with E-state index in [1.165, 1.54) is 37.9 Å². The third-order valence-electron chi connectivity index (χ3n) is 3.24. The van der Waals surface area contributed by atoms with E-state index >= 15 is 0 Å². The number of rotatable bonds is 6. The smallest absolute Gasteiger partial charge is 0.213 e. The second kappa shape index (κ2) is 8.18. The van der Waals surface area contributed by atoms with Crippen LogP contribution in [0.1, 0.15) is 24.8 Å². The summed E-state index contributed by atoms with van der Waals surface area (Å²) in [6, 6.07) is 4.10. The number of piperidine rings is 1. The summed E-state index contributed by atoms with van der Waals surface area (Å²) in [7, 11) is 0. The van der Waals surface area contributed by atoms with Crippen molar-refractivity contribution in [2.75, 3.05) is 25.6 Å². The lowest BCUT2D eigenvalue weighted by Crippen LogP contribution is -2.29. The van der Waals surface area contributed by atoms with Gasteiger partial charge in [-0.15, -0.1) is 11.6 Å². The van der Waals surface area contributed by atoms with Crippen LogP contribution in [0.15, 0.2) is 30.5 Å². The van der Waals surface area contributed by atoms with Gasteiger partial charge in [-0.05, 0) is 37.6 Å². The van der Waals surface area contributed by atoms with Gasteiger partial charge in [0.1, 0.15) is 6.61 Å². The van der Waals surface area contributed by atoms with Crippen molar-refractivity contribution in [2.24, 2.45) is 0 Å². The molecule has 0 radical (unpaired) electrons. The van der Waals surface area contributed by atoms with Crippen LogP contribution in [0.25, 0.3) is 0 Å². The highest BCUT2D eigenvalue weighted by molar-refractivity contribution is 6.18. The third-order valence-corrected chi connectivity index (χ3v) is 3.42. The Morgan fingerprint density at radius 3 is 2.89 bits per heavy atom. The summed E-state index contributed by atoms with van der Waals surface area (Å²) in [6.45, 7) is 3.93. The Morgan fingerprint density at radius 1 is 1.26 bits per heavy atom. The molecule has 0 spiro atoms. The Morgan fingerprint density at radius 2 is 2.11 bits per heavy atom. The van der Waals surface area contributed by atoms with Gasteiger partial charge in [0, 0.05) is 24.7 Å². The summed E-state index contributed by atoms with van der Waals surface area (Å²) in [5, 5.41) is 0. The summed E-state index contributed by atoms with van der Waals surface area (Å²) >= 11 is 5.55. The van der Waals surface area contributed by atoms with E-state index in [1.807, 2.05) is 24.4 Å². The Hall–Kier alpha value is -1.06. The zero-order chi connectivity index (χ0) is 13.3. The number of allylic oxidation sites excluding steroid dienone is 1. The number of halogens is 1. The topological polar surface area (TPSA) is 25.4 Å². The molecule has 1 aliphatic rings. The molecule has 0 unspecified atom stereocenters. The molecule has 2 heterocycles. The van der Waals surface area contributed by atoms with Crippen molar-refractivity contribution < 1.29 is 4.74 Å². The predicted molar refractivity (Wildman–Crippen MR) is 78.7 cm³/mol. The van der Waals surface area contributed by atoms with Crippen molar-refractivity contribution in [3.05, 3.63) is 36.0 Å². The number of ether oxygens (including phenoxy) is 1. The van der Waals surface area contributed by atoms with Gasteiger partial charge >= 0.3 is 0 Å². The maximum Gasteiger partial charge on any atom is 0.213 e. The molecule has 0 saturated carbocycles. The largest absolute Gasteiger partial charge is 0.473 e. The van der Waals surface area contributed by atoms with Crippen molar-refractivity contribution in [3.63, 3.8) is 0 Å². The first-order chi connectivity index (χ1) is 9.38. The molecule has 1 aliphatic heterocycles. The minimum atomic E-state index is 0.520. The number of nitrogens with zero attached hydrogens (tertiary/aromatic N) is 2. The molecule has 1 aromatic rings. The first-order valence-electron chi connectivity index (χ1n) is 6.89. The van der Waals surface area contributed by atoms with E-state index < -0.39 is 0 Å². The predicted octanol–water partition coefficient (Wildman–Crippen LogP) is 3.24. The fraction of sp³-hybridized carbons (Fsp3) is 0.533. The number of hydrogen-bond donors (Lipinski definition) is 0. The molecule has 4 heteroatoms. The van der Waals surface area contributed by atoms with E-state index in [1.54, 1.807) is 0 Å². The summed E-state index contributed by atoms with van der Waals surface area (Å²) < 4.78 is 5.56. The average Bonchev–Trinajstić information content (AvgIpc) is 2.45. The van der Waals surface area contributed by atoms with Crippen LogP contribution in [0.3, 0.4) is 0 Å². The molecular weight excluding hydrogens is 260 g/mol. The van der Waals surface area contributed by atoms with Gasteiger partial charge in [0.25, 0.3) is 0 Å². The highest BCUT2D eigenvalue weighted by atomic mass is 35.5. The van der Waals surface area contributed by atoms with Crippen molar-refractivity contribution in [1.29, 1.82) is 0 Å². The summed E-state index contributed by atoms with van der Waals surface area (Å²) in [4.78, 5) is 6.72. The molecule has 1 fully saturated rings. The summed E-state index contributed by atoms with van der Waals surface area (Å²) in [5.74, 6) is 1.21. The number of aromatic nitrogens is 1.